The van der Waals surface area contributed by atoms with E-state index >= 15 is 0 Å². The van der Waals surface area contributed by atoms with Crippen molar-refractivity contribution in [2.75, 3.05) is 45.9 Å². The maximum Gasteiger partial charge on any atom is 0.191 e. The van der Waals surface area contributed by atoms with E-state index in [1.54, 1.807) is 12.1 Å². The number of nitrogens with one attached hydrogen (secondary N) is 2. The van der Waals surface area contributed by atoms with Crippen molar-refractivity contribution >= 4 is 5.96 Å². The maximum atomic E-state index is 13.7. The number of halogens is 1. The van der Waals surface area contributed by atoms with Gasteiger partial charge in [-0.25, -0.2) is 9.38 Å². The Morgan fingerprint density at radius 3 is 2.72 bits per heavy atom. The van der Waals surface area contributed by atoms with Gasteiger partial charge in [0.15, 0.2) is 11.8 Å². The van der Waals surface area contributed by atoms with Gasteiger partial charge in [-0.1, -0.05) is 12.1 Å². The lowest BCUT2D eigenvalue weighted by atomic mass is 9.96. The minimum atomic E-state index is -0.179. The first kappa shape index (κ1) is 22.7. The highest BCUT2D eigenvalue weighted by Crippen LogP contribution is 2.47. The predicted octanol–water partition coefficient (Wildman–Crippen LogP) is 1.75. The van der Waals surface area contributed by atoms with Crippen LogP contribution >= 0.6 is 0 Å². The van der Waals surface area contributed by atoms with Gasteiger partial charge >= 0.3 is 0 Å². The summed E-state index contributed by atoms with van der Waals surface area (Å²) in [5.74, 6) is 2.27. The summed E-state index contributed by atoms with van der Waals surface area (Å²) in [7, 11) is 1.95. The molecule has 0 radical (unpaired) electrons. The largest absolute Gasteiger partial charge is 0.379 e. The van der Waals surface area contributed by atoms with E-state index in [0.29, 0.717) is 6.54 Å². The second-order valence-electron chi connectivity index (χ2n) is 8.77. The van der Waals surface area contributed by atoms with Crippen LogP contribution in [0.1, 0.15) is 36.5 Å². The molecule has 0 unspecified atom stereocenters. The molecule has 0 spiro atoms. The third kappa shape index (κ3) is 5.83. The molecule has 2 N–H and O–H groups in total. The van der Waals surface area contributed by atoms with E-state index in [4.69, 9.17) is 9.73 Å². The molecule has 2 aromatic rings. The molecular weight excluding hydrogens is 409 g/mol. The van der Waals surface area contributed by atoms with Crippen molar-refractivity contribution in [2.24, 2.45) is 12.0 Å². The van der Waals surface area contributed by atoms with Gasteiger partial charge in [0, 0.05) is 38.6 Å². The minimum absolute atomic E-state index is 0.0142. The molecule has 1 aliphatic heterocycles. The van der Waals surface area contributed by atoms with E-state index in [9.17, 15) is 4.39 Å². The third-order valence-electron chi connectivity index (χ3n) is 6.49. The van der Waals surface area contributed by atoms with Crippen molar-refractivity contribution < 1.29 is 9.13 Å². The topological polar surface area (TPSA) is 79.6 Å². The Balaban J connectivity index is 1.35. The minimum Gasteiger partial charge on any atom is -0.379 e. The van der Waals surface area contributed by atoms with Crippen LogP contribution in [0.25, 0.3) is 0 Å². The van der Waals surface area contributed by atoms with Crippen molar-refractivity contribution in [3.63, 3.8) is 0 Å². The number of hydrogen-bond acceptors (Lipinski definition) is 5. The van der Waals surface area contributed by atoms with Gasteiger partial charge in [0.25, 0.3) is 0 Å². The highest BCUT2D eigenvalue weighted by molar-refractivity contribution is 5.80. The molecule has 4 rings (SSSR count). The highest BCUT2D eigenvalue weighted by atomic mass is 19.1. The monoisotopic (exact) mass is 443 g/mol. The van der Waals surface area contributed by atoms with Crippen LogP contribution < -0.4 is 10.6 Å². The number of hydrogen-bond donors (Lipinski definition) is 2. The molecule has 2 aliphatic rings. The molecule has 9 heteroatoms. The molecule has 2 fully saturated rings. The van der Waals surface area contributed by atoms with Crippen LogP contribution in [0.15, 0.2) is 29.3 Å². The number of guanidine groups is 1. The van der Waals surface area contributed by atoms with Crippen molar-refractivity contribution in [1.29, 1.82) is 0 Å². The molecule has 0 amide bonds. The first-order valence-electron chi connectivity index (χ1n) is 11.5. The first-order valence-corrected chi connectivity index (χ1v) is 11.5. The fourth-order valence-corrected chi connectivity index (χ4v) is 4.04. The van der Waals surface area contributed by atoms with Gasteiger partial charge in [0.1, 0.15) is 18.2 Å². The second kappa shape index (κ2) is 10.4. The summed E-state index contributed by atoms with van der Waals surface area (Å²) in [6.07, 6.45) is 3.13. The van der Waals surface area contributed by atoms with Crippen LogP contribution in [-0.2, 0) is 23.7 Å². The summed E-state index contributed by atoms with van der Waals surface area (Å²) < 4.78 is 21.1. The smallest absolute Gasteiger partial charge is 0.191 e. The van der Waals surface area contributed by atoms with Crippen molar-refractivity contribution in [2.45, 2.75) is 38.1 Å². The van der Waals surface area contributed by atoms with Gasteiger partial charge < -0.3 is 19.9 Å². The number of ether oxygens (including phenoxy) is 1. The Hall–Kier alpha value is -2.52. The van der Waals surface area contributed by atoms with Crippen LogP contribution in [0.5, 0.6) is 0 Å². The van der Waals surface area contributed by atoms with Crippen molar-refractivity contribution in [3.05, 3.63) is 47.3 Å². The Bertz CT molecular complexity index is 919. The lowest BCUT2D eigenvalue weighted by molar-refractivity contribution is 0.0376. The summed E-state index contributed by atoms with van der Waals surface area (Å²) in [6, 6.07) is 6.97. The Morgan fingerprint density at radius 1 is 1.22 bits per heavy atom. The fourth-order valence-electron chi connectivity index (χ4n) is 4.04. The second-order valence-corrected chi connectivity index (χ2v) is 8.77. The predicted molar refractivity (Wildman–Crippen MR) is 122 cm³/mol. The van der Waals surface area contributed by atoms with Gasteiger partial charge in [-0.3, -0.25) is 4.90 Å². The van der Waals surface area contributed by atoms with Crippen LogP contribution in [0, 0.1) is 12.7 Å². The normalized spacial score (nSPS) is 18.5. The molecule has 8 nitrogen and oxygen atoms in total. The summed E-state index contributed by atoms with van der Waals surface area (Å²) in [6.45, 7) is 8.61. The van der Waals surface area contributed by atoms with E-state index in [2.05, 4.69) is 25.7 Å². The molecule has 1 aromatic heterocycles. The van der Waals surface area contributed by atoms with Crippen LogP contribution in [0.2, 0.25) is 0 Å². The zero-order valence-corrected chi connectivity index (χ0v) is 19.1. The highest BCUT2D eigenvalue weighted by Gasteiger charge is 2.44. The number of aromatic nitrogens is 3. The van der Waals surface area contributed by atoms with E-state index in [0.717, 1.165) is 88.4 Å². The maximum absolute atomic E-state index is 13.7. The van der Waals surface area contributed by atoms with Crippen molar-refractivity contribution in [1.82, 2.24) is 30.3 Å². The number of benzene rings is 1. The summed E-state index contributed by atoms with van der Waals surface area (Å²) in [5.41, 5.74) is 1.04. The standard InChI is InChI=1S/C23H34FN7O/c1-18-28-29-21(30(18)2)16-26-22(25-9-4-10-31-11-13-32-14-12-31)27-17-23(7-8-23)19-5-3-6-20(24)15-19/h3,5-6,15H,4,7-14,16-17H2,1-2H3,(H2,25,26,27). The van der Waals surface area contributed by atoms with Crippen LogP contribution in [0.3, 0.4) is 0 Å². The van der Waals surface area contributed by atoms with E-state index in [-0.39, 0.29) is 11.2 Å². The Kier molecular flexibility index (Phi) is 7.36. The summed E-state index contributed by atoms with van der Waals surface area (Å²) >= 11 is 0. The third-order valence-corrected chi connectivity index (χ3v) is 6.49. The average molecular weight is 444 g/mol. The zero-order chi connectivity index (χ0) is 22.4. The van der Waals surface area contributed by atoms with Gasteiger partial charge in [0.2, 0.25) is 0 Å². The van der Waals surface area contributed by atoms with E-state index in [1.165, 1.54) is 6.07 Å². The van der Waals surface area contributed by atoms with Gasteiger partial charge in [-0.15, -0.1) is 10.2 Å². The van der Waals surface area contributed by atoms with Crippen molar-refractivity contribution in [3.8, 4) is 0 Å². The molecule has 1 saturated heterocycles. The molecule has 1 aromatic carbocycles. The van der Waals surface area contributed by atoms with E-state index in [1.807, 2.05) is 24.6 Å². The van der Waals surface area contributed by atoms with Gasteiger partial charge in [0.05, 0.1) is 13.2 Å². The molecule has 2 heterocycles. The number of morpholine rings is 1. The molecule has 32 heavy (non-hydrogen) atoms. The van der Waals surface area contributed by atoms with Crippen LogP contribution in [-0.4, -0.2) is 71.6 Å². The summed E-state index contributed by atoms with van der Waals surface area (Å²) in [4.78, 5) is 7.19. The fraction of sp³-hybridized carbons (Fsp3) is 0.609. The van der Waals surface area contributed by atoms with Gasteiger partial charge in [-0.05, 0) is 50.4 Å². The molecular formula is C23H34FN7O. The molecule has 1 saturated carbocycles. The lowest BCUT2D eigenvalue weighted by Gasteiger charge is -2.26. The molecule has 1 aliphatic carbocycles. The molecule has 174 valence electrons. The number of rotatable bonds is 9. The zero-order valence-electron chi connectivity index (χ0n) is 19.1. The molecule has 0 bridgehead atoms. The Labute approximate surface area is 189 Å². The average Bonchev–Trinajstić information content (AvgIpc) is 3.54. The number of aryl methyl sites for hydroxylation is 1. The number of aliphatic imine (C=N–C) groups is 1. The van der Waals surface area contributed by atoms with Gasteiger partial charge in [-0.2, -0.15) is 0 Å². The quantitative estimate of drug-likeness (QED) is 0.349. The molecule has 0 atom stereocenters. The first-order chi connectivity index (χ1) is 15.6. The lowest BCUT2D eigenvalue weighted by Crippen LogP contribution is -2.43. The summed E-state index contributed by atoms with van der Waals surface area (Å²) in [5, 5.41) is 15.3. The van der Waals surface area contributed by atoms with E-state index < -0.39 is 0 Å². The van der Waals surface area contributed by atoms with Crippen LogP contribution in [0.4, 0.5) is 4.39 Å². The Morgan fingerprint density at radius 2 is 2.03 bits per heavy atom. The SMILES string of the molecule is Cc1nnc(CN=C(NCCCN2CCOCC2)NCC2(c3cccc(F)c3)CC2)n1C. The number of nitrogens with zero attached hydrogens (tertiary/aromatic N) is 5.